The molecule has 1 fully saturated rings. The number of ether oxygens (including phenoxy) is 1. The number of methoxy groups -OCH3 is 1. The van der Waals surface area contributed by atoms with E-state index in [0.717, 1.165) is 32.7 Å². The van der Waals surface area contributed by atoms with E-state index in [0.29, 0.717) is 23.5 Å². The van der Waals surface area contributed by atoms with E-state index >= 15 is 0 Å². The molecule has 116 valence electrons. The average molecular weight is 292 g/mol. The van der Waals surface area contributed by atoms with Gasteiger partial charge in [-0.15, -0.1) is 0 Å². The van der Waals surface area contributed by atoms with Crippen molar-refractivity contribution in [2.75, 3.05) is 59.2 Å². The lowest BCUT2D eigenvalue weighted by molar-refractivity contribution is 0.0940. The summed E-state index contributed by atoms with van der Waals surface area (Å²) in [6.07, 6.45) is 0. The second-order valence-electron chi connectivity index (χ2n) is 5.40. The quantitative estimate of drug-likeness (QED) is 0.762. The maximum atomic E-state index is 12.1. The Kier molecular flexibility index (Phi) is 5.41. The number of likely N-dealkylation sites (N-methyl/N-ethyl adjacent to an activating group) is 1. The molecule has 0 atom stereocenters. The van der Waals surface area contributed by atoms with Crippen LogP contribution in [-0.4, -0.2) is 69.1 Å². The molecule has 0 bridgehead atoms. The van der Waals surface area contributed by atoms with Crippen LogP contribution in [0.5, 0.6) is 5.75 Å². The van der Waals surface area contributed by atoms with E-state index in [1.54, 1.807) is 25.3 Å². The molecule has 1 aliphatic heterocycles. The molecule has 6 nitrogen and oxygen atoms in total. The molecule has 1 aromatic rings. The number of carbonyl (C=O) groups excluding carboxylic acids is 1. The van der Waals surface area contributed by atoms with Gasteiger partial charge >= 0.3 is 0 Å². The standard InChI is InChI=1S/C15H24N4O2/c1-18-5-7-19(8-6-18)4-3-17-15(20)12-9-13(16)11-14(10-12)21-2/h9-11H,3-8,16H2,1-2H3,(H,17,20). The van der Waals surface area contributed by atoms with Gasteiger partial charge in [0.25, 0.3) is 5.91 Å². The first kappa shape index (κ1) is 15.6. The highest BCUT2D eigenvalue weighted by atomic mass is 16.5. The van der Waals surface area contributed by atoms with Gasteiger partial charge in [0, 0.05) is 56.6 Å². The number of nitrogens with one attached hydrogen (secondary N) is 1. The third-order valence-electron chi connectivity index (χ3n) is 3.74. The van der Waals surface area contributed by atoms with Gasteiger partial charge in [-0.25, -0.2) is 0 Å². The zero-order valence-corrected chi connectivity index (χ0v) is 12.8. The summed E-state index contributed by atoms with van der Waals surface area (Å²) in [6, 6.07) is 5.05. The van der Waals surface area contributed by atoms with Gasteiger partial charge in [-0.05, 0) is 19.2 Å². The first-order chi connectivity index (χ1) is 10.1. The van der Waals surface area contributed by atoms with Gasteiger partial charge in [0.05, 0.1) is 7.11 Å². The van der Waals surface area contributed by atoms with E-state index < -0.39 is 0 Å². The Bertz CT molecular complexity index is 485. The number of nitrogen functional groups attached to an aromatic ring is 1. The molecule has 0 aromatic heterocycles. The van der Waals surface area contributed by atoms with Crippen LogP contribution in [0, 0.1) is 0 Å². The molecule has 1 amide bonds. The summed E-state index contributed by atoms with van der Waals surface area (Å²) < 4.78 is 5.12. The number of rotatable bonds is 5. The molecule has 0 unspecified atom stereocenters. The van der Waals surface area contributed by atoms with Gasteiger partial charge in [-0.2, -0.15) is 0 Å². The lowest BCUT2D eigenvalue weighted by Gasteiger charge is -2.32. The van der Waals surface area contributed by atoms with Crippen molar-refractivity contribution in [1.29, 1.82) is 0 Å². The minimum atomic E-state index is -0.116. The zero-order valence-electron chi connectivity index (χ0n) is 12.8. The van der Waals surface area contributed by atoms with Gasteiger partial charge in [-0.1, -0.05) is 0 Å². The minimum absolute atomic E-state index is 0.116. The number of benzene rings is 1. The number of hydrogen-bond donors (Lipinski definition) is 2. The SMILES string of the molecule is COc1cc(N)cc(C(=O)NCCN2CCN(C)CC2)c1. The Labute approximate surface area is 125 Å². The van der Waals surface area contributed by atoms with Crippen LogP contribution in [0.2, 0.25) is 0 Å². The summed E-state index contributed by atoms with van der Waals surface area (Å²) in [5, 5.41) is 2.93. The summed E-state index contributed by atoms with van der Waals surface area (Å²) >= 11 is 0. The number of nitrogens with zero attached hydrogens (tertiary/aromatic N) is 2. The fraction of sp³-hybridized carbons (Fsp3) is 0.533. The van der Waals surface area contributed by atoms with E-state index in [-0.39, 0.29) is 5.91 Å². The summed E-state index contributed by atoms with van der Waals surface area (Å²) in [6.45, 7) is 5.79. The predicted molar refractivity (Wildman–Crippen MR) is 83.7 cm³/mol. The van der Waals surface area contributed by atoms with Crippen LogP contribution in [0.3, 0.4) is 0 Å². The molecular weight excluding hydrogens is 268 g/mol. The van der Waals surface area contributed by atoms with Crippen molar-refractivity contribution in [3.63, 3.8) is 0 Å². The number of anilines is 1. The molecule has 0 spiro atoms. The van der Waals surface area contributed by atoms with Crippen LogP contribution in [-0.2, 0) is 0 Å². The van der Waals surface area contributed by atoms with Crippen molar-refractivity contribution in [3.05, 3.63) is 23.8 Å². The topological polar surface area (TPSA) is 70.8 Å². The van der Waals surface area contributed by atoms with Crippen molar-refractivity contribution in [2.24, 2.45) is 0 Å². The average Bonchev–Trinajstić information content (AvgIpc) is 2.48. The molecule has 0 saturated carbocycles. The van der Waals surface area contributed by atoms with Crippen LogP contribution >= 0.6 is 0 Å². The molecule has 6 heteroatoms. The molecule has 0 radical (unpaired) electrons. The summed E-state index contributed by atoms with van der Waals surface area (Å²) in [5.41, 5.74) is 6.82. The van der Waals surface area contributed by atoms with Crippen LogP contribution in [0.4, 0.5) is 5.69 Å². The van der Waals surface area contributed by atoms with Crippen molar-refractivity contribution < 1.29 is 9.53 Å². The van der Waals surface area contributed by atoms with Crippen LogP contribution in [0.1, 0.15) is 10.4 Å². The smallest absolute Gasteiger partial charge is 0.251 e. The molecule has 1 aliphatic rings. The summed E-state index contributed by atoms with van der Waals surface area (Å²) in [4.78, 5) is 16.8. The van der Waals surface area contributed by atoms with Gasteiger partial charge < -0.3 is 20.7 Å². The Hall–Kier alpha value is -1.79. The van der Waals surface area contributed by atoms with E-state index in [1.165, 1.54) is 0 Å². The first-order valence-electron chi connectivity index (χ1n) is 7.22. The number of piperazine rings is 1. The Morgan fingerprint density at radius 1 is 1.29 bits per heavy atom. The molecule has 3 N–H and O–H groups in total. The van der Waals surface area contributed by atoms with Gasteiger partial charge in [0.2, 0.25) is 0 Å². The lowest BCUT2D eigenvalue weighted by atomic mass is 10.1. The van der Waals surface area contributed by atoms with E-state index in [9.17, 15) is 4.79 Å². The molecule has 2 rings (SSSR count). The number of amides is 1. The highest BCUT2D eigenvalue weighted by Crippen LogP contribution is 2.18. The van der Waals surface area contributed by atoms with Crippen molar-refractivity contribution in [1.82, 2.24) is 15.1 Å². The number of hydrogen-bond acceptors (Lipinski definition) is 5. The Morgan fingerprint density at radius 3 is 2.67 bits per heavy atom. The Balaban J connectivity index is 1.80. The fourth-order valence-corrected chi connectivity index (χ4v) is 2.37. The normalized spacial score (nSPS) is 16.7. The van der Waals surface area contributed by atoms with Crippen LogP contribution in [0.15, 0.2) is 18.2 Å². The molecule has 1 saturated heterocycles. The molecule has 21 heavy (non-hydrogen) atoms. The third kappa shape index (κ3) is 4.61. The molecule has 0 aliphatic carbocycles. The maximum Gasteiger partial charge on any atom is 0.251 e. The maximum absolute atomic E-state index is 12.1. The van der Waals surface area contributed by atoms with Crippen molar-refractivity contribution in [3.8, 4) is 5.75 Å². The van der Waals surface area contributed by atoms with Crippen LogP contribution < -0.4 is 15.8 Å². The highest BCUT2D eigenvalue weighted by molar-refractivity contribution is 5.95. The second kappa shape index (κ2) is 7.28. The molecule has 1 heterocycles. The van der Waals surface area contributed by atoms with Gasteiger partial charge in [-0.3, -0.25) is 9.69 Å². The summed E-state index contributed by atoms with van der Waals surface area (Å²) in [5.74, 6) is 0.481. The second-order valence-corrected chi connectivity index (χ2v) is 5.40. The lowest BCUT2D eigenvalue weighted by Crippen LogP contribution is -2.46. The van der Waals surface area contributed by atoms with E-state index in [4.69, 9.17) is 10.5 Å². The van der Waals surface area contributed by atoms with Crippen molar-refractivity contribution in [2.45, 2.75) is 0 Å². The molecular formula is C15H24N4O2. The number of carbonyl (C=O) groups is 1. The fourth-order valence-electron chi connectivity index (χ4n) is 2.37. The third-order valence-corrected chi connectivity index (χ3v) is 3.74. The zero-order chi connectivity index (χ0) is 15.2. The van der Waals surface area contributed by atoms with Gasteiger partial charge in [0.1, 0.15) is 5.75 Å². The predicted octanol–water partition coefficient (Wildman–Crippen LogP) is 0.255. The van der Waals surface area contributed by atoms with E-state index in [1.807, 2.05) is 0 Å². The summed E-state index contributed by atoms with van der Waals surface area (Å²) in [7, 11) is 3.69. The van der Waals surface area contributed by atoms with Crippen LogP contribution in [0.25, 0.3) is 0 Å². The van der Waals surface area contributed by atoms with Gasteiger partial charge in [0.15, 0.2) is 0 Å². The Morgan fingerprint density at radius 2 is 2.00 bits per heavy atom. The number of nitrogens with two attached hydrogens (primary N) is 1. The highest BCUT2D eigenvalue weighted by Gasteiger charge is 2.14. The minimum Gasteiger partial charge on any atom is -0.497 e. The first-order valence-corrected chi connectivity index (χ1v) is 7.22. The van der Waals surface area contributed by atoms with E-state index in [2.05, 4.69) is 22.2 Å². The monoisotopic (exact) mass is 292 g/mol. The molecule has 1 aromatic carbocycles. The largest absolute Gasteiger partial charge is 0.497 e. The van der Waals surface area contributed by atoms with Crippen molar-refractivity contribution >= 4 is 11.6 Å².